The Kier molecular flexibility index (Phi) is 5.71. The Morgan fingerprint density at radius 3 is 2.76 bits per heavy atom. The van der Waals surface area contributed by atoms with Crippen LogP contribution in [-0.4, -0.2) is 32.0 Å². The second kappa shape index (κ2) is 7.31. The molecule has 3 atom stereocenters. The van der Waals surface area contributed by atoms with Crippen LogP contribution < -0.4 is 11.3 Å². The molecule has 0 radical (unpaired) electrons. The fourth-order valence-corrected chi connectivity index (χ4v) is 2.98. The zero-order valence-corrected chi connectivity index (χ0v) is 10.7. The van der Waals surface area contributed by atoms with Crippen LogP contribution in [-0.2, 0) is 9.47 Å². The molecule has 4 heteroatoms. The van der Waals surface area contributed by atoms with E-state index in [4.69, 9.17) is 15.3 Å². The first-order valence-electron chi connectivity index (χ1n) is 7.05. The average Bonchev–Trinajstić information content (AvgIpc) is 2.89. The normalized spacial score (nSPS) is 31.6. The van der Waals surface area contributed by atoms with Crippen LogP contribution in [0, 0.1) is 5.92 Å². The molecular formula is C13H26N2O2. The summed E-state index contributed by atoms with van der Waals surface area (Å²) in [6.07, 6.45) is 8.94. The summed E-state index contributed by atoms with van der Waals surface area (Å²) >= 11 is 0. The van der Waals surface area contributed by atoms with Crippen LogP contribution in [0.3, 0.4) is 0 Å². The molecule has 2 aliphatic heterocycles. The summed E-state index contributed by atoms with van der Waals surface area (Å²) < 4.78 is 11.2. The van der Waals surface area contributed by atoms with Crippen molar-refractivity contribution in [3.8, 4) is 0 Å². The molecule has 2 heterocycles. The van der Waals surface area contributed by atoms with Crippen LogP contribution in [0.4, 0.5) is 0 Å². The van der Waals surface area contributed by atoms with Gasteiger partial charge in [0.1, 0.15) is 0 Å². The number of rotatable bonds is 6. The lowest BCUT2D eigenvalue weighted by molar-refractivity contribution is 0.0363. The molecule has 0 spiro atoms. The molecule has 0 saturated carbocycles. The van der Waals surface area contributed by atoms with E-state index >= 15 is 0 Å². The predicted octanol–water partition coefficient (Wildman–Crippen LogP) is 1.59. The molecule has 0 amide bonds. The van der Waals surface area contributed by atoms with Gasteiger partial charge in [-0.3, -0.25) is 11.3 Å². The quantitative estimate of drug-likeness (QED) is 0.548. The van der Waals surface area contributed by atoms with E-state index in [1.807, 2.05) is 0 Å². The van der Waals surface area contributed by atoms with E-state index in [-0.39, 0.29) is 0 Å². The van der Waals surface area contributed by atoms with Gasteiger partial charge in [0.05, 0.1) is 12.7 Å². The van der Waals surface area contributed by atoms with Gasteiger partial charge in [-0.25, -0.2) is 0 Å². The molecule has 0 aromatic carbocycles. The lowest BCUT2D eigenvalue weighted by atomic mass is 9.90. The van der Waals surface area contributed by atoms with Crippen LogP contribution in [0.1, 0.15) is 44.9 Å². The first kappa shape index (κ1) is 13.3. The second-order valence-electron chi connectivity index (χ2n) is 5.32. The van der Waals surface area contributed by atoms with Crippen LogP contribution in [0.25, 0.3) is 0 Å². The van der Waals surface area contributed by atoms with E-state index in [1.54, 1.807) is 0 Å². The summed E-state index contributed by atoms with van der Waals surface area (Å²) in [4.78, 5) is 0. The Bertz CT molecular complexity index is 202. The van der Waals surface area contributed by atoms with Crippen molar-refractivity contribution >= 4 is 0 Å². The van der Waals surface area contributed by atoms with Gasteiger partial charge in [-0.2, -0.15) is 0 Å². The summed E-state index contributed by atoms with van der Waals surface area (Å²) in [7, 11) is 0. The van der Waals surface area contributed by atoms with Crippen molar-refractivity contribution in [2.45, 2.75) is 57.1 Å². The zero-order chi connectivity index (χ0) is 11.9. The molecule has 2 saturated heterocycles. The van der Waals surface area contributed by atoms with Crippen molar-refractivity contribution in [1.29, 1.82) is 0 Å². The van der Waals surface area contributed by atoms with E-state index in [1.165, 1.54) is 38.5 Å². The molecule has 3 N–H and O–H groups in total. The van der Waals surface area contributed by atoms with E-state index in [2.05, 4.69) is 5.43 Å². The molecule has 2 aliphatic rings. The molecule has 0 aromatic rings. The number of hydrogen-bond donors (Lipinski definition) is 2. The molecule has 17 heavy (non-hydrogen) atoms. The highest BCUT2D eigenvalue weighted by Gasteiger charge is 2.23. The van der Waals surface area contributed by atoms with Crippen LogP contribution >= 0.6 is 0 Å². The van der Waals surface area contributed by atoms with Crippen molar-refractivity contribution in [1.82, 2.24) is 5.43 Å². The van der Waals surface area contributed by atoms with Crippen LogP contribution in [0.2, 0.25) is 0 Å². The molecule has 2 rings (SSSR count). The third kappa shape index (κ3) is 4.21. The molecule has 4 nitrogen and oxygen atoms in total. The Hall–Kier alpha value is -0.160. The summed E-state index contributed by atoms with van der Waals surface area (Å²) in [5.41, 5.74) is 2.98. The molecular weight excluding hydrogens is 216 g/mol. The summed E-state index contributed by atoms with van der Waals surface area (Å²) in [5.74, 6) is 6.26. The maximum Gasteiger partial charge on any atom is 0.0576 e. The lowest BCUT2D eigenvalue weighted by Gasteiger charge is -2.30. The van der Waals surface area contributed by atoms with Gasteiger partial charge >= 0.3 is 0 Å². The Labute approximate surface area is 104 Å². The highest BCUT2D eigenvalue weighted by atomic mass is 16.5. The molecule has 100 valence electrons. The minimum atomic E-state index is 0.414. The van der Waals surface area contributed by atoms with E-state index < -0.39 is 0 Å². The molecule has 0 bridgehead atoms. The summed E-state index contributed by atoms with van der Waals surface area (Å²) in [6, 6.07) is 0.414. The second-order valence-corrected chi connectivity index (χ2v) is 5.32. The number of nitrogens with one attached hydrogen (secondary N) is 1. The monoisotopic (exact) mass is 242 g/mol. The SMILES string of the molecule is NNC(CCCC1CCCO1)C1CCCOC1. The first-order valence-corrected chi connectivity index (χ1v) is 7.05. The maximum atomic E-state index is 5.66. The zero-order valence-electron chi connectivity index (χ0n) is 10.7. The molecule has 0 aromatic heterocycles. The smallest absolute Gasteiger partial charge is 0.0576 e. The number of hydrazine groups is 1. The Morgan fingerprint density at radius 1 is 1.24 bits per heavy atom. The van der Waals surface area contributed by atoms with E-state index in [0.29, 0.717) is 18.1 Å². The van der Waals surface area contributed by atoms with Crippen molar-refractivity contribution in [3.05, 3.63) is 0 Å². The number of ether oxygens (including phenoxy) is 2. The van der Waals surface area contributed by atoms with Crippen molar-refractivity contribution in [2.75, 3.05) is 19.8 Å². The van der Waals surface area contributed by atoms with Gasteiger partial charge in [-0.1, -0.05) is 0 Å². The summed E-state index contributed by atoms with van der Waals surface area (Å²) in [6.45, 7) is 2.75. The largest absolute Gasteiger partial charge is 0.381 e. The third-order valence-corrected chi connectivity index (χ3v) is 4.04. The van der Waals surface area contributed by atoms with Crippen LogP contribution in [0.5, 0.6) is 0 Å². The predicted molar refractivity (Wildman–Crippen MR) is 67.5 cm³/mol. The summed E-state index contributed by atoms with van der Waals surface area (Å²) in [5, 5.41) is 0. The lowest BCUT2D eigenvalue weighted by Crippen LogP contribution is -2.44. The standard InChI is InChI=1S/C13H26N2O2/c14-15-13(11-4-2-8-16-10-11)7-1-5-12-6-3-9-17-12/h11-13,15H,1-10,14H2. The molecule has 0 aliphatic carbocycles. The van der Waals surface area contributed by atoms with Gasteiger partial charge in [0, 0.05) is 19.3 Å². The maximum absolute atomic E-state index is 5.66. The molecule has 2 fully saturated rings. The van der Waals surface area contributed by atoms with Gasteiger partial charge in [0.2, 0.25) is 0 Å². The highest BCUT2D eigenvalue weighted by Crippen LogP contribution is 2.23. The van der Waals surface area contributed by atoms with Crippen molar-refractivity contribution in [2.24, 2.45) is 11.8 Å². The van der Waals surface area contributed by atoms with Gasteiger partial charge < -0.3 is 9.47 Å². The fourth-order valence-electron chi connectivity index (χ4n) is 2.98. The number of nitrogens with two attached hydrogens (primary N) is 1. The first-order chi connectivity index (χ1) is 8.40. The minimum Gasteiger partial charge on any atom is -0.381 e. The topological polar surface area (TPSA) is 56.5 Å². The van der Waals surface area contributed by atoms with Gasteiger partial charge in [-0.05, 0) is 50.9 Å². The van der Waals surface area contributed by atoms with Gasteiger partial charge in [-0.15, -0.1) is 0 Å². The minimum absolute atomic E-state index is 0.414. The average molecular weight is 242 g/mol. The van der Waals surface area contributed by atoms with Crippen LogP contribution in [0.15, 0.2) is 0 Å². The van der Waals surface area contributed by atoms with Gasteiger partial charge in [0.25, 0.3) is 0 Å². The molecule has 3 unspecified atom stereocenters. The number of hydrogen-bond acceptors (Lipinski definition) is 4. The third-order valence-electron chi connectivity index (χ3n) is 4.04. The van der Waals surface area contributed by atoms with E-state index in [0.717, 1.165) is 26.2 Å². The Morgan fingerprint density at radius 2 is 2.12 bits per heavy atom. The van der Waals surface area contributed by atoms with Gasteiger partial charge in [0.15, 0.2) is 0 Å². The highest BCUT2D eigenvalue weighted by molar-refractivity contribution is 4.77. The van der Waals surface area contributed by atoms with Crippen molar-refractivity contribution < 1.29 is 9.47 Å². The van der Waals surface area contributed by atoms with Crippen molar-refractivity contribution in [3.63, 3.8) is 0 Å². The Balaban J connectivity index is 1.63. The fraction of sp³-hybridized carbons (Fsp3) is 1.00. The van der Waals surface area contributed by atoms with E-state index in [9.17, 15) is 0 Å².